The summed E-state index contributed by atoms with van der Waals surface area (Å²) in [4.78, 5) is 0. The summed E-state index contributed by atoms with van der Waals surface area (Å²) in [5.74, 6) is 1.97. The van der Waals surface area contributed by atoms with Crippen LogP contribution in [0.4, 0.5) is 0 Å². The Morgan fingerprint density at radius 1 is 0.560 bits per heavy atom. The normalized spacial score (nSPS) is 20.0. The van der Waals surface area contributed by atoms with Crippen LogP contribution < -0.4 is 0 Å². The van der Waals surface area contributed by atoms with Crippen molar-refractivity contribution in [3.05, 3.63) is 56.8 Å². The van der Waals surface area contributed by atoms with Crippen molar-refractivity contribution >= 4 is 0 Å². The average Bonchev–Trinajstić information content (AvgIpc) is 3.28. The number of allylic oxidation sites excluding steroid dienone is 12. The van der Waals surface area contributed by atoms with Crippen molar-refractivity contribution < 1.29 is 34.6 Å². The van der Waals surface area contributed by atoms with Gasteiger partial charge < -0.3 is 0 Å². The molecule has 0 heterocycles. The van der Waals surface area contributed by atoms with Crippen LogP contribution in [0.3, 0.4) is 0 Å². The number of hydrogen-bond acceptors (Lipinski definition) is 0. The quantitative estimate of drug-likeness (QED) is 0.388. The summed E-state index contributed by atoms with van der Waals surface area (Å²) in [7, 11) is 0. The van der Waals surface area contributed by atoms with Gasteiger partial charge in [-0.15, -0.1) is 0 Å². The van der Waals surface area contributed by atoms with Crippen LogP contribution in [-0.2, 0) is 0 Å². The van der Waals surface area contributed by atoms with E-state index in [4.69, 9.17) is 0 Å². The second-order valence-electron chi connectivity index (χ2n) is 8.46. The maximum absolute atomic E-state index is 2.45. The molecule has 0 nitrogen and oxygen atoms in total. The fourth-order valence-corrected chi connectivity index (χ4v) is 17.4. The van der Waals surface area contributed by atoms with Crippen molar-refractivity contribution in [3.8, 4) is 0 Å². The van der Waals surface area contributed by atoms with Gasteiger partial charge in [-0.3, -0.25) is 0 Å². The Bertz CT molecular complexity index is 617. The van der Waals surface area contributed by atoms with Crippen LogP contribution in [0.5, 0.6) is 0 Å². The van der Waals surface area contributed by atoms with Crippen molar-refractivity contribution in [2.24, 2.45) is 17.8 Å². The van der Waals surface area contributed by atoms with E-state index >= 15 is 0 Å². The van der Waals surface area contributed by atoms with E-state index in [9.17, 15) is 0 Å². The van der Waals surface area contributed by atoms with E-state index in [1.54, 1.807) is 16.7 Å². The maximum atomic E-state index is 2.45. The average molecular weight is 466 g/mol. The third-order valence-electron chi connectivity index (χ3n) is 5.67. The molecule has 1 heteroatoms. The van der Waals surface area contributed by atoms with Gasteiger partial charge in [-0.1, -0.05) is 0 Å². The Morgan fingerprint density at radius 2 is 0.840 bits per heavy atom. The van der Waals surface area contributed by atoms with Crippen LogP contribution in [0, 0.1) is 52.4 Å². The molecule has 0 amide bonds. The molecule has 0 saturated carbocycles. The molecule has 0 radical (unpaired) electrons. The summed E-state index contributed by atoms with van der Waals surface area (Å²) in [5, 5.41) is 0. The zero-order valence-corrected chi connectivity index (χ0v) is 20.0. The van der Waals surface area contributed by atoms with Crippen LogP contribution in [0.25, 0.3) is 0 Å². The van der Waals surface area contributed by atoms with Crippen molar-refractivity contribution in [2.75, 3.05) is 0 Å². The first-order valence-electron chi connectivity index (χ1n) is 9.98. The summed E-state index contributed by atoms with van der Waals surface area (Å²) < 4.78 is 5.65. The van der Waals surface area contributed by atoms with Gasteiger partial charge in [0, 0.05) is 0 Å². The van der Waals surface area contributed by atoms with E-state index in [1.165, 1.54) is 19.3 Å². The summed E-state index contributed by atoms with van der Waals surface area (Å²) in [6, 6.07) is 0. The van der Waals surface area contributed by atoms with Gasteiger partial charge in [0.2, 0.25) is 0 Å². The van der Waals surface area contributed by atoms with E-state index in [0.29, 0.717) is 17.8 Å². The van der Waals surface area contributed by atoms with Crippen molar-refractivity contribution in [1.82, 2.24) is 0 Å². The third-order valence-corrected chi connectivity index (χ3v) is 16.2. The molecule has 0 saturated heterocycles. The molecule has 0 unspecified atom stereocenters. The Hall–Kier alpha value is -0.209. The van der Waals surface area contributed by atoms with Gasteiger partial charge in [-0.25, -0.2) is 0 Å². The van der Waals surface area contributed by atoms with Gasteiger partial charge in [0.1, 0.15) is 0 Å². The molecule has 0 atom stereocenters. The van der Waals surface area contributed by atoms with Gasteiger partial charge in [-0.05, 0) is 0 Å². The summed E-state index contributed by atoms with van der Waals surface area (Å²) in [6.07, 6.45) is 18.3. The molecule has 0 aliphatic heterocycles. The number of rotatable bonds is 6. The van der Waals surface area contributed by atoms with E-state index in [0.717, 1.165) is 0 Å². The van der Waals surface area contributed by atoms with Crippen LogP contribution in [0.1, 0.15) is 60.8 Å². The Morgan fingerprint density at radius 3 is 1.08 bits per heavy atom. The summed E-state index contributed by atoms with van der Waals surface area (Å²) >= 11 is -2.24. The monoisotopic (exact) mass is 463 g/mol. The molecule has 0 spiro atoms. The van der Waals surface area contributed by atoms with Gasteiger partial charge in [0.25, 0.3) is 0 Å². The molecular weight excluding hydrogens is 433 g/mol. The Kier molecular flexibility index (Phi) is 6.42. The van der Waals surface area contributed by atoms with Gasteiger partial charge in [0.05, 0.1) is 0 Å². The van der Waals surface area contributed by atoms with Crippen molar-refractivity contribution in [2.45, 2.75) is 60.8 Å². The minimum atomic E-state index is -2.24. The Labute approximate surface area is 168 Å². The summed E-state index contributed by atoms with van der Waals surface area (Å²) in [6.45, 7) is 14.3. The molecule has 3 aliphatic rings. The van der Waals surface area contributed by atoms with Gasteiger partial charge in [0.15, 0.2) is 0 Å². The van der Waals surface area contributed by atoms with Gasteiger partial charge >= 0.3 is 170 Å². The van der Waals surface area contributed by atoms with Crippen LogP contribution in [0.15, 0.2) is 56.8 Å². The molecular formula is C24H33Nd. The molecule has 0 aromatic rings. The molecule has 0 aromatic carbocycles. The molecule has 25 heavy (non-hydrogen) atoms. The predicted octanol–water partition coefficient (Wildman–Crippen LogP) is 7.22. The minimum absolute atomic E-state index is 0.656. The predicted molar refractivity (Wildman–Crippen MR) is 107 cm³/mol. The molecule has 133 valence electrons. The second-order valence-corrected chi connectivity index (χ2v) is 16.7. The molecule has 3 rings (SSSR count). The second kappa shape index (κ2) is 8.21. The SMILES string of the molecule is CC(C)C1=[C]([Nd]([C]2=C(C(C)C)C=CC2)[C]2=C(C(C)C)C=CC2)CC=C1. The standard InChI is InChI=1S/3C8H11.Nd/c3*1-7(2)8-5-3-4-6-8;/h3*3,5,7H,4H2,1-2H3;. The van der Waals surface area contributed by atoms with Crippen molar-refractivity contribution in [3.63, 3.8) is 0 Å². The molecule has 0 bridgehead atoms. The molecule has 3 aliphatic carbocycles. The van der Waals surface area contributed by atoms with Crippen LogP contribution >= 0.6 is 0 Å². The Balaban J connectivity index is 2.17. The molecule has 0 aromatic heterocycles. The topological polar surface area (TPSA) is 0 Å². The molecule has 0 N–H and O–H groups in total. The zero-order valence-electron chi connectivity index (χ0n) is 16.8. The first-order valence-corrected chi connectivity index (χ1v) is 14.8. The van der Waals surface area contributed by atoms with E-state index in [1.807, 2.05) is 3.67 Å². The zero-order chi connectivity index (χ0) is 18.1. The van der Waals surface area contributed by atoms with Crippen LogP contribution in [-0.4, -0.2) is 0 Å². The van der Waals surface area contributed by atoms with Gasteiger partial charge in [-0.2, -0.15) is 0 Å². The fraction of sp³-hybridized carbons (Fsp3) is 0.500. The first kappa shape index (κ1) is 19.5. The van der Waals surface area contributed by atoms with Crippen molar-refractivity contribution in [1.29, 1.82) is 0 Å². The third kappa shape index (κ3) is 3.90. The van der Waals surface area contributed by atoms with E-state index < -0.39 is 34.6 Å². The number of hydrogen-bond donors (Lipinski definition) is 0. The molecule has 0 fully saturated rings. The summed E-state index contributed by atoms with van der Waals surface area (Å²) in [5.41, 5.74) is 5.02. The van der Waals surface area contributed by atoms with E-state index in [2.05, 4.69) is 78.0 Å². The fourth-order valence-electron chi connectivity index (χ4n) is 4.47. The van der Waals surface area contributed by atoms with Crippen LogP contribution in [0.2, 0.25) is 0 Å². The first-order chi connectivity index (χ1) is 11.9. The van der Waals surface area contributed by atoms with E-state index in [-0.39, 0.29) is 0 Å².